The SMILES string of the molecule is CCC(CNC(=O)OC)C(=O)N1CCC(c2ccc(C(F)(F)F)c(OC)c2)CC1. The number of hydrogen-bond donors (Lipinski definition) is 1. The van der Waals surface area contributed by atoms with Crippen LogP contribution in [0.25, 0.3) is 0 Å². The molecule has 29 heavy (non-hydrogen) atoms. The zero-order valence-corrected chi connectivity index (χ0v) is 16.8. The van der Waals surface area contributed by atoms with Crippen molar-refractivity contribution in [2.24, 2.45) is 5.92 Å². The summed E-state index contributed by atoms with van der Waals surface area (Å²) >= 11 is 0. The van der Waals surface area contributed by atoms with Crippen molar-refractivity contribution in [3.8, 4) is 5.75 Å². The first-order chi connectivity index (χ1) is 13.7. The highest BCUT2D eigenvalue weighted by atomic mass is 19.4. The molecule has 2 amide bonds. The van der Waals surface area contributed by atoms with Gasteiger partial charge < -0.3 is 19.7 Å². The summed E-state index contributed by atoms with van der Waals surface area (Å²) < 4.78 is 48.6. The second-order valence-corrected chi connectivity index (χ2v) is 7.03. The van der Waals surface area contributed by atoms with E-state index in [0.717, 1.165) is 11.6 Å². The maximum absolute atomic E-state index is 13.0. The van der Waals surface area contributed by atoms with Crippen molar-refractivity contribution < 1.29 is 32.2 Å². The number of carbonyl (C=O) groups excluding carboxylic acids is 2. The van der Waals surface area contributed by atoms with E-state index in [0.29, 0.717) is 32.4 Å². The summed E-state index contributed by atoms with van der Waals surface area (Å²) in [6.45, 7) is 3.11. The van der Waals surface area contributed by atoms with Crippen molar-refractivity contribution >= 4 is 12.0 Å². The molecule has 1 aliphatic rings. The third-order valence-corrected chi connectivity index (χ3v) is 5.33. The summed E-state index contributed by atoms with van der Waals surface area (Å²) in [5.74, 6) is -0.499. The molecule has 0 bridgehead atoms. The first-order valence-corrected chi connectivity index (χ1v) is 9.57. The molecule has 0 radical (unpaired) electrons. The fourth-order valence-electron chi connectivity index (χ4n) is 3.57. The molecule has 0 spiro atoms. The number of amides is 2. The lowest BCUT2D eigenvalue weighted by Gasteiger charge is -2.34. The van der Waals surface area contributed by atoms with E-state index in [1.54, 1.807) is 4.90 Å². The first-order valence-electron chi connectivity index (χ1n) is 9.57. The summed E-state index contributed by atoms with van der Waals surface area (Å²) in [5.41, 5.74) is -0.0124. The lowest BCUT2D eigenvalue weighted by Crippen LogP contribution is -2.44. The summed E-state index contributed by atoms with van der Waals surface area (Å²) in [6, 6.07) is 3.99. The highest BCUT2D eigenvalue weighted by Crippen LogP contribution is 2.39. The Morgan fingerprint density at radius 3 is 2.41 bits per heavy atom. The van der Waals surface area contributed by atoms with E-state index < -0.39 is 17.8 Å². The van der Waals surface area contributed by atoms with E-state index in [9.17, 15) is 22.8 Å². The number of ether oxygens (including phenoxy) is 2. The quantitative estimate of drug-likeness (QED) is 0.766. The predicted octanol–water partition coefficient (Wildman–Crippen LogP) is 3.80. The van der Waals surface area contributed by atoms with Gasteiger partial charge in [-0.3, -0.25) is 4.79 Å². The molecule has 1 saturated heterocycles. The van der Waals surface area contributed by atoms with E-state index in [-0.39, 0.29) is 30.0 Å². The summed E-state index contributed by atoms with van der Waals surface area (Å²) in [5, 5.41) is 2.55. The van der Waals surface area contributed by atoms with Crippen molar-refractivity contribution in [2.45, 2.75) is 38.3 Å². The number of nitrogens with one attached hydrogen (secondary N) is 1. The van der Waals surface area contributed by atoms with E-state index in [2.05, 4.69) is 10.1 Å². The largest absolute Gasteiger partial charge is 0.496 e. The molecular weight excluding hydrogens is 389 g/mol. The number of piperidine rings is 1. The molecule has 162 valence electrons. The molecule has 1 fully saturated rings. The van der Waals surface area contributed by atoms with E-state index in [4.69, 9.17) is 4.74 Å². The number of methoxy groups -OCH3 is 2. The second-order valence-electron chi connectivity index (χ2n) is 7.03. The van der Waals surface area contributed by atoms with Crippen molar-refractivity contribution in [3.05, 3.63) is 29.3 Å². The van der Waals surface area contributed by atoms with Gasteiger partial charge in [-0.2, -0.15) is 13.2 Å². The van der Waals surface area contributed by atoms with E-state index >= 15 is 0 Å². The molecule has 1 aromatic rings. The van der Waals surface area contributed by atoms with Gasteiger partial charge >= 0.3 is 12.3 Å². The van der Waals surface area contributed by atoms with Crippen LogP contribution in [0.5, 0.6) is 5.75 Å². The predicted molar refractivity (Wildman–Crippen MR) is 101 cm³/mol. The van der Waals surface area contributed by atoms with Crippen LogP contribution in [0.4, 0.5) is 18.0 Å². The molecule has 1 atom stereocenters. The number of nitrogens with zero attached hydrogens (tertiary/aromatic N) is 1. The number of carbonyl (C=O) groups is 2. The molecule has 0 aromatic heterocycles. The van der Waals surface area contributed by atoms with Crippen LogP contribution >= 0.6 is 0 Å². The number of alkyl halides is 3. The Bertz CT molecular complexity index is 716. The highest BCUT2D eigenvalue weighted by molar-refractivity contribution is 5.80. The maximum atomic E-state index is 13.0. The van der Waals surface area contributed by atoms with Gasteiger partial charge in [0.1, 0.15) is 5.75 Å². The number of likely N-dealkylation sites (tertiary alicyclic amines) is 1. The van der Waals surface area contributed by atoms with Crippen LogP contribution in [0.15, 0.2) is 18.2 Å². The van der Waals surface area contributed by atoms with Gasteiger partial charge in [-0.05, 0) is 42.9 Å². The van der Waals surface area contributed by atoms with Gasteiger partial charge in [0.2, 0.25) is 5.91 Å². The average molecular weight is 416 g/mol. The van der Waals surface area contributed by atoms with Crippen molar-refractivity contribution in [3.63, 3.8) is 0 Å². The van der Waals surface area contributed by atoms with E-state index in [1.807, 2.05) is 6.92 Å². The van der Waals surface area contributed by atoms with Crippen LogP contribution in [0.1, 0.15) is 43.2 Å². The molecule has 1 unspecified atom stereocenters. The molecule has 1 aliphatic heterocycles. The Balaban J connectivity index is 1.99. The number of hydrogen-bond acceptors (Lipinski definition) is 4. The summed E-state index contributed by atoms with van der Waals surface area (Å²) in [6.07, 6.45) is -3.15. The third-order valence-electron chi connectivity index (χ3n) is 5.33. The molecule has 2 rings (SSSR count). The Labute approximate surface area is 168 Å². The minimum Gasteiger partial charge on any atom is -0.496 e. The summed E-state index contributed by atoms with van der Waals surface area (Å²) in [4.78, 5) is 25.7. The van der Waals surface area contributed by atoms with Crippen molar-refractivity contribution in [1.82, 2.24) is 10.2 Å². The topological polar surface area (TPSA) is 67.9 Å². The number of benzene rings is 1. The van der Waals surface area contributed by atoms with Gasteiger partial charge in [0.15, 0.2) is 0 Å². The average Bonchev–Trinajstić information content (AvgIpc) is 2.72. The fourth-order valence-corrected chi connectivity index (χ4v) is 3.57. The van der Waals surface area contributed by atoms with Gasteiger partial charge in [-0.15, -0.1) is 0 Å². The monoisotopic (exact) mass is 416 g/mol. The standard InChI is InChI=1S/C20H27F3N2O4/c1-4-13(12-24-19(27)29-3)18(26)25-9-7-14(8-10-25)15-5-6-16(20(21,22)23)17(11-15)28-2/h5-6,11,13-14H,4,7-10,12H2,1-3H3,(H,24,27). The maximum Gasteiger partial charge on any atom is 0.419 e. The molecular formula is C20H27F3N2O4. The number of rotatable bonds is 6. The van der Waals surface area contributed by atoms with Gasteiger partial charge in [0, 0.05) is 19.6 Å². The molecule has 9 heteroatoms. The zero-order valence-electron chi connectivity index (χ0n) is 16.8. The summed E-state index contributed by atoms with van der Waals surface area (Å²) in [7, 11) is 2.49. The van der Waals surface area contributed by atoms with Crippen LogP contribution in [-0.4, -0.2) is 50.8 Å². The van der Waals surface area contributed by atoms with Crippen molar-refractivity contribution in [2.75, 3.05) is 33.9 Å². The van der Waals surface area contributed by atoms with E-state index in [1.165, 1.54) is 26.4 Å². The number of alkyl carbamates (subject to hydrolysis) is 1. The van der Waals surface area contributed by atoms with Crippen LogP contribution in [0.2, 0.25) is 0 Å². The van der Waals surface area contributed by atoms with Gasteiger partial charge in [-0.25, -0.2) is 4.79 Å². The Morgan fingerprint density at radius 1 is 1.24 bits per heavy atom. The normalized spacial score (nSPS) is 16.3. The first kappa shape index (κ1) is 22.8. The van der Waals surface area contributed by atoms with Crippen molar-refractivity contribution in [1.29, 1.82) is 0 Å². The number of halogens is 3. The molecule has 6 nitrogen and oxygen atoms in total. The Hall–Kier alpha value is -2.45. The third kappa shape index (κ3) is 5.77. The fraction of sp³-hybridized carbons (Fsp3) is 0.600. The molecule has 1 N–H and O–H groups in total. The molecule has 1 heterocycles. The van der Waals surface area contributed by atoms with Gasteiger partial charge in [-0.1, -0.05) is 13.0 Å². The minimum atomic E-state index is -4.47. The molecule has 1 aromatic carbocycles. The smallest absolute Gasteiger partial charge is 0.419 e. The van der Waals surface area contributed by atoms with Crippen LogP contribution < -0.4 is 10.1 Å². The molecule has 0 aliphatic carbocycles. The highest BCUT2D eigenvalue weighted by Gasteiger charge is 2.35. The van der Waals surface area contributed by atoms with Crippen LogP contribution in [0.3, 0.4) is 0 Å². The Morgan fingerprint density at radius 2 is 1.90 bits per heavy atom. The van der Waals surface area contributed by atoms with Gasteiger partial charge in [0.05, 0.1) is 25.7 Å². The zero-order chi connectivity index (χ0) is 21.6. The lowest BCUT2D eigenvalue weighted by atomic mass is 9.88. The second kappa shape index (κ2) is 9.84. The Kier molecular flexibility index (Phi) is 7.75. The lowest BCUT2D eigenvalue weighted by molar-refractivity contribution is -0.139. The van der Waals surface area contributed by atoms with Gasteiger partial charge in [0.25, 0.3) is 0 Å². The molecule has 0 saturated carbocycles. The minimum absolute atomic E-state index is 0.0349. The van der Waals surface area contributed by atoms with Crippen LogP contribution in [-0.2, 0) is 15.7 Å². The van der Waals surface area contributed by atoms with Crippen LogP contribution in [0, 0.1) is 5.92 Å².